The van der Waals surface area contributed by atoms with Crippen LogP contribution in [0.1, 0.15) is 20.3 Å². The third-order valence-electron chi connectivity index (χ3n) is 2.88. The van der Waals surface area contributed by atoms with E-state index in [9.17, 15) is 18.0 Å². The summed E-state index contributed by atoms with van der Waals surface area (Å²) in [7, 11) is 0. The Morgan fingerprint density at radius 3 is 2.44 bits per heavy atom. The van der Waals surface area contributed by atoms with Crippen LogP contribution in [-0.2, 0) is 4.79 Å². The molecule has 0 aromatic heterocycles. The second-order valence-corrected chi connectivity index (χ2v) is 4.91. The van der Waals surface area contributed by atoms with Gasteiger partial charge in [-0.3, -0.25) is 4.79 Å². The number of alkyl halides is 3. The molecule has 0 aromatic carbocycles. The molecule has 1 unspecified atom stereocenters. The summed E-state index contributed by atoms with van der Waals surface area (Å²) in [6.45, 7) is 3.63. The molecule has 16 heavy (non-hydrogen) atoms. The molecule has 0 spiro atoms. The van der Waals surface area contributed by atoms with Crippen molar-refractivity contribution in [2.24, 2.45) is 11.3 Å². The molecule has 1 fully saturated rings. The highest BCUT2D eigenvalue weighted by Crippen LogP contribution is 2.50. The van der Waals surface area contributed by atoms with Gasteiger partial charge in [0, 0.05) is 0 Å². The van der Waals surface area contributed by atoms with Crippen LogP contribution in [0, 0.1) is 11.3 Å². The molecule has 0 saturated heterocycles. The van der Waals surface area contributed by atoms with Crippen molar-refractivity contribution < 1.29 is 18.0 Å². The van der Waals surface area contributed by atoms with Crippen LogP contribution < -0.4 is 10.6 Å². The van der Waals surface area contributed by atoms with Crippen molar-refractivity contribution in [1.82, 2.24) is 10.6 Å². The Balaban J connectivity index is 2.03. The van der Waals surface area contributed by atoms with Gasteiger partial charge in [-0.25, -0.2) is 0 Å². The second kappa shape index (κ2) is 4.61. The molecule has 0 radical (unpaired) electrons. The van der Waals surface area contributed by atoms with Gasteiger partial charge >= 0.3 is 6.18 Å². The molecular weight excluding hydrogens is 221 g/mol. The molecule has 0 aliphatic heterocycles. The normalized spacial score (nSPS) is 22.9. The van der Waals surface area contributed by atoms with E-state index in [2.05, 4.69) is 19.2 Å². The fourth-order valence-corrected chi connectivity index (χ4v) is 1.55. The maximum atomic E-state index is 11.7. The minimum absolute atomic E-state index is 0.0529. The van der Waals surface area contributed by atoms with E-state index < -0.39 is 18.6 Å². The van der Waals surface area contributed by atoms with E-state index in [-0.39, 0.29) is 6.54 Å². The SMILES string of the molecule is CC1(C)CC1CNCC(=O)NCC(F)(F)F. The van der Waals surface area contributed by atoms with Gasteiger partial charge in [0.05, 0.1) is 6.54 Å². The van der Waals surface area contributed by atoms with Crippen molar-refractivity contribution >= 4 is 5.91 Å². The molecular formula is C10H17F3N2O. The molecule has 1 amide bonds. The Kier molecular flexibility index (Phi) is 3.83. The van der Waals surface area contributed by atoms with Gasteiger partial charge in [0.1, 0.15) is 6.54 Å². The number of carbonyl (C=O) groups excluding carboxylic acids is 1. The lowest BCUT2D eigenvalue weighted by Crippen LogP contribution is -2.39. The summed E-state index contributed by atoms with van der Waals surface area (Å²) < 4.78 is 35.2. The molecule has 1 saturated carbocycles. The van der Waals surface area contributed by atoms with E-state index in [1.807, 2.05) is 5.32 Å². The van der Waals surface area contributed by atoms with E-state index in [0.29, 0.717) is 17.9 Å². The molecule has 2 N–H and O–H groups in total. The van der Waals surface area contributed by atoms with Crippen LogP contribution in [-0.4, -0.2) is 31.7 Å². The molecule has 0 aromatic rings. The van der Waals surface area contributed by atoms with Gasteiger partial charge in [0.2, 0.25) is 5.91 Å². The van der Waals surface area contributed by atoms with E-state index in [1.54, 1.807) is 0 Å². The van der Waals surface area contributed by atoms with Crippen molar-refractivity contribution in [1.29, 1.82) is 0 Å². The highest BCUT2D eigenvalue weighted by Gasteiger charge is 2.44. The summed E-state index contributed by atoms with van der Waals surface area (Å²) in [5.41, 5.74) is 0.315. The predicted octanol–water partition coefficient (Wildman–Crippen LogP) is 1.30. The Morgan fingerprint density at radius 1 is 1.44 bits per heavy atom. The Labute approximate surface area is 92.8 Å². The van der Waals surface area contributed by atoms with Gasteiger partial charge in [-0.2, -0.15) is 13.2 Å². The molecule has 3 nitrogen and oxygen atoms in total. The quantitative estimate of drug-likeness (QED) is 0.758. The van der Waals surface area contributed by atoms with Gasteiger partial charge < -0.3 is 10.6 Å². The number of halogens is 3. The zero-order valence-electron chi connectivity index (χ0n) is 9.45. The summed E-state index contributed by atoms with van der Waals surface area (Å²) in [6, 6.07) is 0. The van der Waals surface area contributed by atoms with E-state index >= 15 is 0 Å². The van der Waals surface area contributed by atoms with E-state index in [1.165, 1.54) is 0 Å². The summed E-state index contributed by atoms with van der Waals surface area (Å²) >= 11 is 0. The van der Waals surface area contributed by atoms with Crippen LogP contribution in [0.15, 0.2) is 0 Å². The second-order valence-electron chi connectivity index (χ2n) is 4.91. The van der Waals surface area contributed by atoms with Crippen LogP contribution in [0.2, 0.25) is 0 Å². The first-order valence-electron chi connectivity index (χ1n) is 5.25. The van der Waals surface area contributed by atoms with Crippen LogP contribution in [0.25, 0.3) is 0 Å². The minimum atomic E-state index is -4.34. The minimum Gasteiger partial charge on any atom is -0.346 e. The van der Waals surface area contributed by atoms with Gasteiger partial charge in [-0.1, -0.05) is 13.8 Å². The lowest BCUT2D eigenvalue weighted by Gasteiger charge is -2.09. The van der Waals surface area contributed by atoms with Crippen molar-refractivity contribution in [2.45, 2.75) is 26.4 Å². The van der Waals surface area contributed by atoms with Crippen LogP contribution in [0.5, 0.6) is 0 Å². The number of hydrogen-bond donors (Lipinski definition) is 2. The molecule has 1 rings (SSSR count). The maximum Gasteiger partial charge on any atom is 0.405 e. The molecule has 0 bridgehead atoms. The van der Waals surface area contributed by atoms with Gasteiger partial charge in [-0.05, 0) is 24.3 Å². The third kappa shape index (κ3) is 4.83. The number of nitrogens with one attached hydrogen (secondary N) is 2. The van der Waals surface area contributed by atoms with E-state index in [0.717, 1.165) is 6.42 Å². The van der Waals surface area contributed by atoms with Gasteiger partial charge in [0.15, 0.2) is 0 Å². The van der Waals surface area contributed by atoms with Crippen LogP contribution in [0.3, 0.4) is 0 Å². The first-order valence-corrected chi connectivity index (χ1v) is 5.25. The Hall–Kier alpha value is -0.780. The first-order chi connectivity index (χ1) is 7.21. The standard InChI is InChI=1S/C10H17F3N2O/c1-9(2)3-7(9)4-14-5-8(16)15-6-10(11,12)13/h7,14H,3-6H2,1-2H3,(H,15,16). The zero-order valence-corrected chi connectivity index (χ0v) is 9.45. The molecule has 1 atom stereocenters. The highest BCUT2D eigenvalue weighted by atomic mass is 19.4. The van der Waals surface area contributed by atoms with Gasteiger partial charge in [0.25, 0.3) is 0 Å². The number of rotatable bonds is 5. The lowest BCUT2D eigenvalue weighted by molar-refractivity contribution is -0.137. The zero-order chi connectivity index (χ0) is 12.4. The summed E-state index contributed by atoms with van der Waals surface area (Å²) in [6.07, 6.45) is -3.24. The lowest BCUT2D eigenvalue weighted by atomic mass is 10.1. The maximum absolute atomic E-state index is 11.7. The third-order valence-corrected chi connectivity index (χ3v) is 2.88. The first kappa shape index (κ1) is 13.3. The molecule has 1 aliphatic carbocycles. The molecule has 1 aliphatic rings. The molecule has 94 valence electrons. The molecule has 0 heterocycles. The van der Waals surface area contributed by atoms with Crippen molar-refractivity contribution in [2.75, 3.05) is 19.6 Å². The summed E-state index contributed by atoms with van der Waals surface area (Å²) in [5, 5.41) is 4.67. The van der Waals surface area contributed by atoms with Crippen molar-refractivity contribution in [3.8, 4) is 0 Å². The largest absolute Gasteiger partial charge is 0.405 e. The monoisotopic (exact) mass is 238 g/mol. The summed E-state index contributed by atoms with van der Waals surface area (Å²) in [4.78, 5) is 11.0. The number of hydrogen-bond acceptors (Lipinski definition) is 2. The predicted molar refractivity (Wildman–Crippen MR) is 53.8 cm³/mol. The fourth-order valence-electron chi connectivity index (χ4n) is 1.55. The van der Waals surface area contributed by atoms with E-state index in [4.69, 9.17) is 0 Å². The fraction of sp³-hybridized carbons (Fsp3) is 0.900. The highest BCUT2D eigenvalue weighted by molar-refractivity contribution is 5.78. The smallest absolute Gasteiger partial charge is 0.346 e. The van der Waals surface area contributed by atoms with Crippen molar-refractivity contribution in [3.63, 3.8) is 0 Å². The number of carbonyl (C=O) groups is 1. The molecule has 6 heteroatoms. The summed E-state index contributed by atoms with van der Waals surface area (Å²) in [5.74, 6) is -0.0845. The Morgan fingerprint density at radius 2 is 2.00 bits per heavy atom. The van der Waals surface area contributed by atoms with Crippen LogP contribution >= 0.6 is 0 Å². The average molecular weight is 238 g/mol. The van der Waals surface area contributed by atoms with Crippen LogP contribution in [0.4, 0.5) is 13.2 Å². The number of amides is 1. The van der Waals surface area contributed by atoms with Gasteiger partial charge in [-0.15, -0.1) is 0 Å². The topological polar surface area (TPSA) is 41.1 Å². The average Bonchev–Trinajstić information content (AvgIpc) is 2.70. The Bertz CT molecular complexity index is 263. The van der Waals surface area contributed by atoms with Crippen molar-refractivity contribution in [3.05, 3.63) is 0 Å².